The number of fused-ring (bicyclic) bond motifs is 1. The minimum absolute atomic E-state index is 0.189. The summed E-state index contributed by atoms with van der Waals surface area (Å²) in [6.45, 7) is 3.14. The van der Waals surface area contributed by atoms with E-state index < -0.39 is 0 Å². The zero-order valence-electron chi connectivity index (χ0n) is 14.1. The molecule has 1 saturated heterocycles. The van der Waals surface area contributed by atoms with Crippen LogP contribution in [0.4, 0.5) is 11.4 Å². The van der Waals surface area contributed by atoms with Crippen molar-refractivity contribution in [1.82, 2.24) is 15.5 Å². The molecule has 4 rings (SSSR count). The highest BCUT2D eigenvalue weighted by Crippen LogP contribution is 2.29. The minimum atomic E-state index is -0.221. The van der Waals surface area contributed by atoms with Crippen LogP contribution in [-0.2, 0) is 13.0 Å². The molecule has 0 unspecified atom stereocenters. The fourth-order valence-electron chi connectivity index (χ4n) is 3.56. The summed E-state index contributed by atoms with van der Waals surface area (Å²) in [5, 5.41) is 23.2. The second-order valence-corrected chi connectivity index (χ2v) is 6.65. The van der Waals surface area contributed by atoms with E-state index in [2.05, 4.69) is 25.7 Å². The standard InChI is InChI=1S/C18H23N5O2/c24-12-6-9-23(10-7-12)16-4-2-1-3-15(16)20-18(25)17-13-11-19-8-5-14(13)21-22-17/h1-4,12,19,24H,5-11H2,(H,20,25)(H,21,22). The van der Waals surface area contributed by atoms with Crippen LogP contribution in [-0.4, -0.2) is 46.9 Å². The molecule has 4 N–H and O–H groups in total. The maximum atomic E-state index is 12.8. The van der Waals surface area contributed by atoms with E-state index in [-0.39, 0.29) is 12.0 Å². The number of aromatic amines is 1. The number of carbonyl (C=O) groups excluding carboxylic acids is 1. The van der Waals surface area contributed by atoms with Crippen molar-refractivity contribution in [2.75, 3.05) is 29.9 Å². The van der Waals surface area contributed by atoms with E-state index >= 15 is 0 Å². The first-order chi connectivity index (χ1) is 12.2. The van der Waals surface area contributed by atoms with Crippen LogP contribution < -0.4 is 15.5 Å². The van der Waals surface area contributed by atoms with Crippen molar-refractivity contribution in [3.05, 3.63) is 41.2 Å². The third kappa shape index (κ3) is 3.25. The zero-order chi connectivity index (χ0) is 17.2. The molecule has 0 spiro atoms. The SMILES string of the molecule is O=C(Nc1ccccc1N1CCC(O)CC1)c1n[nH]c2c1CNCC2. The number of rotatable bonds is 3. The number of carbonyl (C=O) groups is 1. The van der Waals surface area contributed by atoms with E-state index in [0.717, 1.165) is 61.5 Å². The van der Waals surface area contributed by atoms with E-state index in [9.17, 15) is 9.90 Å². The predicted octanol–water partition coefficient (Wildman–Crippen LogP) is 1.27. The van der Waals surface area contributed by atoms with Crippen molar-refractivity contribution < 1.29 is 9.90 Å². The van der Waals surface area contributed by atoms with Crippen LogP contribution in [0.1, 0.15) is 34.6 Å². The van der Waals surface area contributed by atoms with Gasteiger partial charge in [-0.25, -0.2) is 0 Å². The molecule has 1 amide bonds. The van der Waals surface area contributed by atoms with Gasteiger partial charge < -0.3 is 20.6 Å². The monoisotopic (exact) mass is 341 g/mol. The van der Waals surface area contributed by atoms with Crippen molar-refractivity contribution in [3.8, 4) is 0 Å². The highest BCUT2D eigenvalue weighted by atomic mass is 16.3. The molecule has 1 fully saturated rings. The van der Waals surface area contributed by atoms with Gasteiger partial charge in [-0.15, -0.1) is 0 Å². The van der Waals surface area contributed by atoms with E-state index in [1.165, 1.54) is 0 Å². The molecular formula is C18H23N5O2. The Morgan fingerprint density at radius 2 is 2.08 bits per heavy atom. The molecular weight excluding hydrogens is 318 g/mol. The Kier molecular flexibility index (Phi) is 4.42. The van der Waals surface area contributed by atoms with E-state index in [4.69, 9.17) is 0 Å². The molecule has 2 aromatic rings. The molecule has 2 aliphatic rings. The summed E-state index contributed by atoms with van der Waals surface area (Å²) in [7, 11) is 0. The number of nitrogens with one attached hydrogen (secondary N) is 3. The summed E-state index contributed by atoms with van der Waals surface area (Å²) >= 11 is 0. The normalized spacial score (nSPS) is 18.0. The van der Waals surface area contributed by atoms with Gasteiger partial charge in [0, 0.05) is 43.9 Å². The van der Waals surface area contributed by atoms with Gasteiger partial charge in [0.15, 0.2) is 5.69 Å². The fraction of sp³-hybridized carbons (Fsp3) is 0.444. The lowest BCUT2D eigenvalue weighted by Crippen LogP contribution is -2.36. The van der Waals surface area contributed by atoms with Gasteiger partial charge in [0.2, 0.25) is 0 Å². The lowest BCUT2D eigenvalue weighted by atomic mass is 10.1. The Morgan fingerprint density at radius 3 is 2.92 bits per heavy atom. The molecule has 0 radical (unpaired) electrons. The van der Waals surface area contributed by atoms with E-state index in [0.29, 0.717) is 12.2 Å². The zero-order valence-corrected chi connectivity index (χ0v) is 14.1. The maximum absolute atomic E-state index is 12.8. The molecule has 0 bridgehead atoms. The van der Waals surface area contributed by atoms with Crippen molar-refractivity contribution in [2.24, 2.45) is 0 Å². The third-order valence-corrected chi connectivity index (χ3v) is 4.98. The van der Waals surface area contributed by atoms with Gasteiger partial charge in [-0.2, -0.15) is 5.10 Å². The Labute approximate surface area is 146 Å². The third-order valence-electron chi connectivity index (χ3n) is 4.98. The van der Waals surface area contributed by atoms with Crippen molar-refractivity contribution >= 4 is 17.3 Å². The highest BCUT2D eigenvalue weighted by molar-refractivity contribution is 6.05. The summed E-state index contributed by atoms with van der Waals surface area (Å²) in [5.74, 6) is -0.189. The van der Waals surface area contributed by atoms with Gasteiger partial charge in [-0.1, -0.05) is 12.1 Å². The Balaban J connectivity index is 1.55. The van der Waals surface area contributed by atoms with Crippen molar-refractivity contribution in [1.29, 1.82) is 0 Å². The molecule has 3 heterocycles. The van der Waals surface area contributed by atoms with E-state index in [1.54, 1.807) is 0 Å². The van der Waals surface area contributed by atoms with Crippen LogP contribution in [0.2, 0.25) is 0 Å². The van der Waals surface area contributed by atoms with Crippen LogP contribution in [0.3, 0.4) is 0 Å². The summed E-state index contributed by atoms with van der Waals surface area (Å²) in [6.07, 6.45) is 2.14. The lowest BCUT2D eigenvalue weighted by molar-refractivity contribution is 0.102. The molecule has 25 heavy (non-hydrogen) atoms. The van der Waals surface area contributed by atoms with Gasteiger partial charge in [-0.05, 0) is 25.0 Å². The average Bonchev–Trinajstić information content (AvgIpc) is 3.07. The molecule has 132 valence electrons. The Hall–Kier alpha value is -2.38. The number of para-hydroxylation sites is 2. The number of amides is 1. The number of benzene rings is 1. The molecule has 1 aromatic carbocycles. The minimum Gasteiger partial charge on any atom is -0.393 e. The van der Waals surface area contributed by atoms with Gasteiger partial charge in [-0.3, -0.25) is 9.89 Å². The topological polar surface area (TPSA) is 93.3 Å². The van der Waals surface area contributed by atoms with Gasteiger partial charge >= 0.3 is 0 Å². The first kappa shape index (κ1) is 16.1. The second-order valence-electron chi connectivity index (χ2n) is 6.65. The number of nitrogens with zero attached hydrogens (tertiary/aromatic N) is 2. The molecule has 0 atom stereocenters. The quantitative estimate of drug-likeness (QED) is 0.675. The predicted molar refractivity (Wildman–Crippen MR) is 95.8 cm³/mol. The Morgan fingerprint density at radius 1 is 1.28 bits per heavy atom. The number of anilines is 2. The molecule has 2 aliphatic heterocycles. The maximum Gasteiger partial charge on any atom is 0.276 e. The second kappa shape index (κ2) is 6.85. The van der Waals surface area contributed by atoms with Crippen LogP contribution in [0.5, 0.6) is 0 Å². The number of piperidine rings is 1. The van der Waals surface area contributed by atoms with Gasteiger partial charge in [0.1, 0.15) is 0 Å². The molecule has 1 aromatic heterocycles. The molecule has 7 heteroatoms. The summed E-state index contributed by atoms with van der Waals surface area (Å²) in [6, 6.07) is 7.81. The number of hydrogen-bond acceptors (Lipinski definition) is 5. The summed E-state index contributed by atoms with van der Waals surface area (Å²) in [4.78, 5) is 15.0. The fourth-order valence-corrected chi connectivity index (χ4v) is 3.56. The van der Waals surface area contributed by atoms with Crippen molar-refractivity contribution in [2.45, 2.75) is 31.9 Å². The number of aliphatic hydroxyl groups excluding tert-OH is 1. The summed E-state index contributed by atoms with van der Waals surface area (Å²) in [5.41, 5.74) is 4.24. The number of hydrogen-bond donors (Lipinski definition) is 4. The first-order valence-electron chi connectivity index (χ1n) is 8.82. The molecule has 0 saturated carbocycles. The van der Waals surface area contributed by atoms with Crippen LogP contribution >= 0.6 is 0 Å². The number of aromatic nitrogens is 2. The smallest absolute Gasteiger partial charge is 0.276 e. The molecule has 0 aliphatic carbocycles. The Bertz CT molecular complexity index is 765. The van der Waals surface area contributed by atoms with Gasteiger partial charge in [0.25, 0.3) is 5.91 Å². The van der Waals surface area contributed by atoms with E-state index in [1.807, 2.05) is 24.3 Å². The molecule has 7 nitrogen and oxygen atoms in total. The van der Waals surface area contributed by atoms with Gasteiger partial charge in [0.05, 0.1) is 17.5 Å². The summed E-state index contributed by atoms with van der Waals surface area (Å²) < 4.78 is 0. The van der Waals surface area contributed by atoms with Crippen LogP contribution in [0.25, 0.3) is 0 Å². The largest absolute Gasteiger partial charge is 0.393 e. The van der Waals surface area contributed by atoms with Crippen LogP contribution in [0.15, 0.2) is 24.3 Å². The first-order valence-corrected chi connectivity index (χ1v) is 8.82. The highest BCUT2D eigenvalue weighted by Gasteiger charge is 2.24. The number of H-pyrrole nitrogens is 1. The van der Waals surface area contributed by atoms with Crippen molar-refractivity contribution in [3.63, 3.8) is 0 Å². The number of aliphatic hydroxyl groups is 1. The lowest BCUT2D eigenvalue weighted by Gasteiger charge is -2.32. The average molecular weight is 341 g/mol. The van der Waals surface area contributed by atoms with Crippen LogP contribution in [0, 0.1) is 0 Å².